The molecule has 2 rings (SSSR count). The van der Waals surface area contributed by atoms with Crippen molar-refractivity contribution in [2.45, 2.75) is 38.0 Å². The summed E-state index contributed by atoms with van der Waals surface area (Å²) in [5.74, 6) is 0.101. The summed E-state index contributed by atoms with van der Waals surface area (Å²) < 4.78 is 28.8. The van der Waals surface area contributed by atoms with E-state index >= 15 is 0 Å². The van der Waals surface area contributed by atoms with Crippen molar-refractivity contribution in [3.05, 3.63) is 35.4 Å². The Hall–Kier alpha value is -0.620. The first-order chi connectivity index (χ1) is 10.3. The van der Waals surface area contributed by atoms with E-state index in [1.807, 2.05) is 13.0 Å². The Morgan fingerprint density at radius 3 is 2.68 bits per heavy atom. The number of halogens is 1. The van der Waals surface area contributed by atoms with Crippen LogP contribution in [-0.2, 0) is 20.8 Å². The first-order valence-electron chi connectivity index (χ1n) is 7.79. The topological polar surface area (TPSA) is 43.4 Å². The molecule has 6 heteroatoms. The Kier molecular flexibility index (Phi) is 5.54. The SMILES string of the molecule is CCc1cccc(C2C[N+](CC)(OS(C)(=O)=O)CCC2Cl)c1. The molecule has 124 valence electrons. The second-order valence-electron chi connectivity index (χ2n) is 6.07. The van der Waals surface area contributed by atoms with Crippen LogP contribution in [-0.4, -0.2) is 44.3 Å². The second-order valence-corrected chi connectivity index (χ2v) is 8.19. The van der Waals surface area contributed by atoms with Gasteiger partial charge in [-0.2, -0.15) is 13.1 Å². The third-order valence-electron chi connectivity index (χ3n) is 4.44. The van der Waals surface area contributed by atoms with E-state index in [9.17, 15) is 8.42 Å². The van der Waals surface area contributed by atoms with Gasteiger partial charge in [0.25, 0.3) is 0 Å². The number of aryl methyl sites for hydroxylation is 1. The number of hydrogen-bond acceptors (Lipinski definition) is 3. The van der Waals surface area contributed by atoms with E-state index in [1.54, 1.807) is 0 Å². The fourth-order valence-electron chi connectivity index (χ4n) is 3.18. The summed E-state index contributed by atoms with van der Waals surface area (Å²) in [4.78, 5) is 0. The van der Waals surface area contributed by atoms with E-state index in [2.05, 4.69) is 25.1 Å². The highest BCUT2D eigenvalue weighted by Gasteiger charge is 2.43. The van der Waals surface area contributed by atoms with E-state index in [1.165, 1.54) is 11.1 Å². The number of nitrogens with zero attached hydrogens (tertiary/aromatic N) is 1. The summed E-state index contributed by atoms with van der Waals surface area (Å²) in [6, 6.07) is 8.40. The quantitative estimate of drug-likeness (QED) is 0.608. The molecule has 1 aromatic rings. The van der Waals surface area contributed by atoms with Gasteiger partial charge in [-0.05, 0) is 24.5 Å². The second kappa shape index (κ2) is 6.87. The molecule has 0 aliphatic carbocycles. The molecule has 0 spiro atoms. The minimum atomic E-state index is -3.50. The average molecular weight is 347 g/mol. The van der Waals surface area contributed by atoms with Gasteiger partial charge >= 0.3 is 10.1 Å². The summed E-state index contributed by atoms with van der Waals surface area (Å²) in [6.07, 6.45) is 2.83. The van der Waals surface area contributed by atoms with E-state index in [0.29, 0.717) is 19.6 Å². The maximum Gasteiger partial charge on any atom is 0.311 e. The predicted octanol–water partition coefficient (Wildman–Crippen LogP) is 3.07. The van der Waals surface area contributed by atoms with Crippen molar-refractivity contribution in [2.75, 3.05) is 25.9 Å². The standard InChI is InChI=1S/C16H25ClNO3S/c1-4-13-7-6-8-14(11-13)15-12-18(5-2,10-9-16(15)17)21-22(3,19)20/h6-8,11,15-16H,4-5,9-10,12H2,1-3H3/q+1. The molecule has 1 heterocycles. The predicted molar refractivity (Wildman–Crippen MR) is 89.3 cm³/mol. The average Bonchev–Trinajstić information content (AvgIpc) is 2.48. The lowest BCUT2D eigenvalue weighted by Gasteiger charge is -2.41. The monoisotopic (exact) mass is 346 g/mol. The van der Waals surface area contributed by atoms with Gasteiger partial charge in [-0.25, -0.2) is 0 Å². The molecule has 3 atom stereocenters. The minimum absolute atomic E-state index is 0.00747. The number of likely N-dealkylation sites (tertiary alicyclic amines) is 1. The van der Waals surface area contributed by atoms with Crippen LogP contribution in [0.3, 0.4) is 0 Å². The van der Waals surface area contributed by atoms with Crippen LogP contribution in [0.15, 0.2) is 24.3 Å². The molecular formula is C16H25ClNO3S+. The summed E-state index contributed by atoms with van der Waals surface area (Å²) in [6.45, 7) is 5.91. The maximum absolute atomic E-state index is 11.6. The van der Waals surface area contributed by atoms with Gasteiger partial charge in [-0.15, -0.1) is 11.6 Å². The van der Waals surface area contributed by atoms with Gasteiger partial charge in [0.05, 0.1) is 17.6 Å². The van der Waals surface area contributed by atoms with Crippen LogP contribution in [0.25, 0.3) is 0 Å². The van der Waals surface area contributed by atoms with E-state index in [4.69, 9.17) is 15.9 Å². The number of quaternary nitrogens is 1. The summed E-state index contributed by atoms with van der Waals surface area (Å²) in [7, 11) is -3.50. The molecule has 1 fully saturated rings. The first kappa shape index (κ1) is 17.7. The van der Waals surface area contributed by atoms with Crippen molar-refractivity contribution in [2.24, 2.45) is 0 Å². The zero-order valence-corrected chi connectivity index (χ0v) is 15.0. The van der Waals surface area contributed by atoms with Crippen molar-refractivity contribution in [1.29, 1.82) is 0 Å². The molecule has 1 saturated heterocycles. The largest absolute Gasteiger partial charge is 0.311 e. The van der Waals surface area contributed by atoms with Gasteiger partial charge in [-0.1, -0.05) is 35.5 Å². The third kappa shape index (κ3) is 4.22. The van der Waals surface area contributed by atoms with Crippen molar-refractivity contribution in [3.8, 4) is 0 Å². The summed E-state index contributed by atoms with van der Waals surface area (Å²) in [5.41, 5.74) is 2.44. The van der Waals surface area contributed by atoms with Gasteiger partial charge < -0.3 is 0 Å². The number of hydroxylamine groups is 3. The Morgan fingerprint density at radius 2 is 2.09 bits per heavy atom. The fraction of sp³-hybridized carbons (Fsp3) is 0.625. The van der Waals surface area contributed by atoms with Gasteiger partial charge in [0.2, 0.25) is 0 Å². The molecule has 1 aromatic carbocycles. The van der Waals surface area contributed by atoms with Crippen LogP contribution in [0.1, 0.15) is 37.3 Å². The molecule has 0 bridgehead atoms. The van der Waals surface area contributed by atoms with Crippen LogP contribution >= 0.6 is 11.6 Å². The smallest absolute Gasteiger partial charge is 0.195 e. The van der Waals surface area contributed by atoms with E-state index in [-0.39, 0.29) is 15.9 Å². The number of alkyl halides is 1. The van der Waals surface area contributed by atoms with Crippen molar-refractivity contribution in [1.82, 2.24) is 0 Å². The van der Waals surface area contributed by atoms with Crippen molar-refractivity contribution < 1.29 is 17.3 Å². The van der Waals surface area contributed by atoms with E-state index < -0.39 is 10.1 Å². The summed E-state index contributed by atoms with van der Waals surface area (Å²) in [5, 5.41) is 0.00747. The van der Waals surface area contributed by atoms with Crippen LogP contribution in [0.2, 0.25) is 0 Å². The Morgan fingerprint density at radius 1 is 1.36 bits per heavy atom. The highest BCUT2D eigenvalue weighted by molar-refractivity contribution is 7.85. The maximum atomic E-state index is 11.6. The number of piperidine rings is 1. The molecule has 0 N–H and O–H groups in total. The molecule has 22 heavy (non-hydrogen) atoms. The van der Waals surface area contributed by atoms with Crippen LogP contribution in [0.4, 0.5) is 0 Å². The summed E-state index contributed by atoms with van der Waals surface area (Å²) >= 11 is 6.55. The molecule has 3 unspecified atom stereocenters. The normalized spacial score (nSPS) is 29.5. The van der Waals surface area contributed by atoms with Crippen LogP contribution in [0.5, 0.6) is 0 Å². The zero-order chi connectivity index (χ0) is 16.4. The number of hydrogen-bond donors (Lipinski definition) is 0. The van der Waals surface area contributed by atoms with Gasteiger partial charge in [0.15, 0.2) is 0 Å². The first-order valence-corrected chi connectivity index (χ1v) is 10.0. The Balaban J connectivity index is 2.30. The molecule has 1 aliphatic heterocycles. The van der Waals surface area contributed by atoms with Gasteiger partial charge in [0, 0.05) is 6.42 Å². The molecule has 4 nitrogen and oxygen atoms in total. The highest BCUT2D eigenvalue weighted by Crippen LogP contribution is 2.36. The molecule has 0 aromatic heterocycles. The van der Waals surface area contributed by atoms with Crippen LogP contribution < -0.4 is 0 Å². The lowest BCUT2D eigenvalue weighted by Crippen LogP contribution is -2.56. The highest BCUT2D eigenvalue weighted by atomic mass is 35.5. The molecule has 1 aliphatic rings. The third-order valence-corrected chi connectivity index (χ3v) is 5.55. The molecule has 0 saturated carbocycles. The van der Waals surface area contributed by atoms with Crippen molar-refractivity contribution >= 4 is 21.7 Å². The van der Waals surface area contributed by atoms with Gasteiger partial charge in [0.1, 0.15) is 19.6 Å². The minimum Gasteiger partial charge on any atom is -0.195 e. The lowest BCUT2D eigenvalue weighted by atomic mass is 9.88. The number of likely N-dealkylation sites (N-methyl/N-ethyl adjacent to an activating group) is 1. The Bertz CT molecular complexity index is 620. The van der Waals surface area contributed by atoms with E-state index in [0.717, 1.165) is 19.1 Å². The zero-order valence-electron chi connectivity index (χ0n) is 13.5. The Labute approximate surface area is 138 Å². The molecule has 0 radical (unpaired) electrons. The fourth-order valence-corrected chi connectivity index (χ4v) is 4.31. The van der Waals surface area contributed by atoms with Crippen molar-refractivity contribution in [3.63, 3.8) is 0 Å². The molecular weight excluding hydrogens is 322 g/mol. The van der Waals surface area contributed by atoms with Gasteiger partial charge in [-0.3, -0.25) is 0 Å². The number of benzene rings is 1. The number of rotatable bonds is 5. The van der Waals surface area contributed by atoms with Crippen LogP contribution in [0, 0.1) is 0 Å². The molecule has 0 amide bonds. The lowest BCUT2D eigenvalue weighted by molar-refractivity contribution is -1.08.